The molecule has 2 heterocycles. The summed E-state index contributed by atoms with van der Waals surface area (Å²) < 4.78 is 13.2. The Balaban J connectivity index is 1.61. The molecule has 2 aromatic carbocycles. The van der Waals surface area contributed by atoms with Gasteiger partial charge in [-0.25, -0.2) is 14.4 Å². The number of halogens is 1. The van der Waals surface area contributed by atoms with Crippen molar-refractivity contribution in [3.8, 4) is 0 Å². The largest absolute Gasteiger partial charge is 0.369 e. The van der Waals surface area contributed by atoms with Crippen molar-refractivity contribution in [2.24, 2.45) is 5.73 Å². The fourth-order valence-corrected chi connectivity index (χ4v) is 3.75. The first-order valence-corrected chi connectivity index (χ1v) is 9.35. The normalized spacial score (nSPS) is 16.9. The van der Waals surface area contributed by atoms with Crippen LogP contribution in [0.15, 0.2) is 42.5 Å². The number of piperidine rings is 1. The molecule has 0 radical (unpaired) electrons. The van der Waals surface area contributed by atoms with Crippen LogP contribution in [0.5, 0.6) is 0 Å². The lowest BCUT2D eigenvalue weighted by molar-refractivity contribution is 0.100. The Labute approximate surface area is 162 Å². The summed E-state index contributed by atoms with van der Waals surface area (Å²) in [7, 11) is 0. The molecule has 3 N–H and O–H groups in total. The summed E-state index contributed by atoms with van der Waals surface area (Å²) >= 11 is 0. The molecule has 0 saturated carbocycles. The predicted octanol–water partition coefficient (Wildman–Crippen LogP) is 3.26. The molecule has 6 nitrogen and oxygen atoms in total. The molecule has 28 heavy (non-hydrogen) atoms. The number of nitrogens with one attached hydrogen (secondary N) is 1. The fraction of sp³-hybridized carbons (Fsp3) is 0.286. The monoisotopic (exact) mass is 379 g/mol. The highest BCUT2D eigenvalue weighted by Crippen LogP contribution is 2.26. The highest BCUT2D eigenvalue weighted by atomic mass is 19.1. The summed E-state index contributed by atoms with van der Waals surface area (Å²) in [5.41, 5.74) is 7.47. The maximum Gasteiger partial charge on any atom is 0.250 e. The second kappa shape index (κ2) is 7.42. The quantitative estimate of drug-likeness (QED) is 0.727. The number of amides is 1. The third-order valence-electron chi connectivity index (χ3n) is 5.06. The number of nitrogens with zero attached hydrogens (tertiary/aromatic N) is 3. The first-order valence-electron chi connectivity index (χ1n) is 9.35. The molecule has 0 aliphatic carbocycles. The SMILES string of the molecule is Cc1nc(NC2CCCN(c3ccc(F)cc3)C2)c2cccc(C(N)=O)c2n1. The number of para-hydroxylation sites is 1. The number of aryl methyl sites for hydroxylation is 1. The molecule has 3 aromatic rings. The molecule has 144 valence electrons. The number of nitrogens with two attached hydrogens (primary N) is 1. The van der Waals surface area contributed by atoms with Crippen LogP contribution < -0.4 is 16.0 Å². The standard InChI is InChI=1S/C21H22FN5O/c1-13-24-19-17(20(23)28)5-2-6-18(19)21(25-13)26-15-4-3-11-27(12-15)16-9-7-14(22)8-10-16/h2,5-10,15H,3-4,11-12H2,1H3,(H2,23,28)(H,24,25,26). The molecule has 1 aliphatic heterocycles. The minimum absolute atomic E-state index is 0.175. The number of benzene rings is 2. The van der Waals surface area contributed by atoms with Crippen molar-refractivity contribution in [2.45, 2.75) is 25.8 Å². The molecule has 1 fully saturated rings. The number of carbonyl (C=O) groups is 1. The van der Waals surface area contributed by atoms with E-state index in [1.165, 1.54) is 12.1 Å². The first-order chi connectivity index (χ1) is 13.5. The smallest absolute Gasteiger partial charge is 0.250 e. The third kappa shape index (κ3) is 3.60. The highest BCUT2D eigenvalue weighted by Gasteiger charge is 2.22. The van der Waals surface area contributed by atoms with Gasteiger partial charge in [0.1, 0.15) is 17.5 Å². The van der Waals surface area contributed by atoms with Crippen molar-refractivity contribution >= 4 is 28.3 Å². The van der Waals surface area contributed by atoms with Crippen LogP contribution in [0.25, 0.3) is 10.9 Å². The lowest BCUT2D eigenvalue weighted by Gasteiger charge is -2.35. The van der Waals surface area contributed by atoms with Crippen molar-refractivity contribution < 1.29 is 9.18 Å². The van der Waals surface area contributed by atoms with Crippen molar-refractivity contribution in [1.82, 2.24) is 9.97 Å². The number of rotatable bonds is 4. The van der Waals surface area contributed by atoms with Gasteiger partial charge < -0.3 is 16.0 Å². The van der Waals surface area contributed by atoms with Crippen LogP contribution in [0.4, 0.5) is 15.9 Å². The van der Waals surface area contributed by atoms with Crippen LogP contribution >= 0.6 is 0 Å². The van der Waals surface area contributed by atoms with Gasteiger partial charge >= 0.3 is 0 Å². The van der Waals surface area contributed by atoms with Gasteiger partial charge in [0.05, 0.1) is 11.1 Å². The Kier molecular flexibility index (Phi) is 4.81. The Morgan fingerprint density at radius 1 is 1.21 bits per heavy atom. The fourth-order valence-electron chi connectivity index (χ4n) is 3.75. The molecule has 1 aliphatic rings. The summed E-state index contributed by atoms with van der Waals surface area (Å²) in [4.78, 5) is 23.0. The maximum absolute atomic E-state index is 13.2. The molecular weight excluding hydrogens is 357 g/mol. The van der Waals surface area contributed by atoms with Gasteiger partial charge in [-0.2, -0.15) is 0 Å². The van der Waals surface area contributed by atoms with Gasteiger partial charge in [-0.15, -0.1) is 0 Å². The minimum Gasteiger partial charge on any atom is -0.369 e. The van der Waals surface area contributed by atoms with E-state index in [4.69, 9.17) is 5.73 Å². The number of anilines is 2. The van der Waals surface area contributed by atoms with E-state index in [0.717, 1.165) is 37.0 Å². The van der Waals surface area contributed by atoms with Gasteiger partial charge in [-0.3, -0.25) is 4.79 Å². The summed E-state index contributed by atoms with van der Waals surface area (Å²) in [6, 6.07) is 12.1. The predicted molar refractivity (Wildman–Crippen MR) is 108 cm³/mol. The van der Waals surface area contributed by atoms with E-state index >= 15 is 0 Å². The van der Waals surface area contributed by atoms with E-state index in [9.17, 15) is 9.18 Å². The van der Waals surface area contributed by atoms with Gasteiger partial charge in [-0.1, -0.05) is 6.07 Å². The van der Waals surface area contributed by atoms with E-state index in [0.29, 0.717) is 22.7 Å². The molecule has 7 heteroatoms. The summed E-state index contributed by atoms with van der Waals surface area (Å²) in [6.07, 6.45) is 2.02. The van der Waals surface area contributed by atoms with E-state index in [2.05, 4.69) is 20.2 Å². The van der Waals surface area contributed by atoms with Crippen molar-refractivity contribution in [2.75, 3.05) is 23.3 Å². The summed E-state index contributed by atoms with van der Waals surface area (Å²) in [5.74, 6) is 0.546. The Hall–Kier alpha value is -3.22. The molecule has 0 bridgehead atoms. The van der Waals surface area contributed by atoms with Crippen LogP contribution in [0.2, 0.25) is 0 Å². The van der Waals surface area contributed by atoms with Crippen LogP contribution in [0, 0.1) is 12.7 Å². The van der Waals surface area contributed by atoms with E-state index in [1.807, 2.05) is 6.07 Å². The van der Waals surface area contributed by atoms with Gasteiger partial charge in [0, 0.05) is 30.2 Å². The number of hydrogen-bond donors (Lipinski definition) is 2. The van der Waals surface area contributed by atoms with E-state index in [1.54, 1.807) is 31.2 Å². The van der Waals surface area contributed by atoms with Crippen LogP contribution in [0.1, 0.15) is 29.0 Å². The van der Waals surface area contributed by atoms with Crippen molar-refractivity contribution in [1.29, 1.82) is 0 Å². The summed E-state index contributed by atoms with van der Waals surface area (Å²) in [6.45, 7) is 3.51. The second-order valence-electron chi connectivity index (χ2n) is 7.09. The number of hydrogen-bond acceptors (Lipinski definition) is 5. The molecule has 4 rings (SSSR count). The van der Waals surface area contributed by atoms with E-state index < -0.39 is 5.91 Å². The molecular formula is C21H22FN5O. The summed E-state index contributed by atoms with van der Waals surface area (Å²) in [5, 5.41) is 4.30. The number of carbonyl (C=O) groups excluding carboxylic acids is 1. The number of primary amides is 1. The van der Waals surface area contributed by atoms with E-state index in [-0.39, 0.29) is 11.9 Å². The molecule has 1 saturated heterocycles. The zero-order valence-corrected chi connectivity index (χ0v) is 15.7. The van der Waals surface area contributed by atoms with Gasteiger partial charge in [0.2, 0.25) is 0 Å². The number of aromatic nitrogens is 2. The van der Waals surface area contributed by atoms with Crippen LogP contribution in [-0.4, -0.2) is 35.0 Å². The maximum atomic E-state index is 13.2. The number of fused-ring (bicyclic) bond motifs is 1. The molecule has 0 spiro atoms. The molecule has 1 amide bonds. The lowest BCUT2D eigenvalue weighted by Crippen LogP contribution is -2.42. The zero-order chi connectivity index (χ0) is 19.7. The van der Waals surface area contributed by atoms with Crippen molar-refractivity contribution in [3.63, 3.8) is 0 Å². The van der Waals surface area contributed by atoms with Crippen LogP contribution in [-0.2, 0) is 0 Å². The average molecular weight is 379 g/mol. The Morgan fingerprint density at radius 3 is 2.75 bits per heavy atom. The molecule has 1 unspecified atom stereocenters. The Bertz CT molecular complexity index is 1020. The zero-order valence-electron chi connectivity index (χ0n) is 15.7. The van der Waals surface area contributed by atoms with Gasteiger partial charge in [0.15, 0.2) is 0 Å². The topological polar surface area (TPSA) is 84.1 Å². The van der Waals surface area contributed by atoms with Crippen LogP contribution in [0.3, 0.4) is 0 Å². The first kappa shape index (κ1) is 18.2. The third-order valence-corrected chi connectivity index (χ3v) is 5.06. The molecule has 1 atom stereocenters. The average Bonchev–Trinajstić information content (AvgIpc) is 2.68. The van der Waals surface area contributed by atoms with Crippen molar-refractivity contribution in [3.05, 3.63) is 59.7 Å². The lowest BCUT2D eigenvalue weighted by atomic mass is 10.0. The Morgan fingerprint density at radius 2 is 2.00 bits per heavy atom. The van der Waals surface area contributed by atoms with Gasteiger partial charge in [0.25, 0.3) is 5.91 Å². The highest BCUT2D eigenvalue weighted by molar-refractivity contribution is 6.07. The minimum atomic E-state index is -0.505. The second-order valence-corrected chi connectivity index (χ2v) is 7.09. The molecule has 1 aromatic heterocycles. The van der Waals surface area contributed by atoms with Gasteiger partial charge in [-0.05, 0) is 56.2 Å².